The number of pyridine rings is 1. The van der Waals surface area contributed by atoms with Crippen LogP contribution >= 0.6 is 0 Å². The van der Waals surface area contributed by atoms with E-state index in [0.29, 0.717) is 23.5 Å². The Kier molecular flexibility index (Phi) is 5.12. The largest absolute Gasteiger partial charge is 0.480 e. The molecule has 1 aromatic rings. The van der Waals surface area contributed by atoms with Crippen LogP contribution < -0.4 is 5.32 Å². The number of aromatic nitrogens is 1. The van der Waals surface area contributed by atoms with Crippen LogP contribution in [0.5, 0.6) is 0 Å². The number of nitrogens with zero attached hydrogens (tertiary/aromatic N) is 2. The number of nitriles is 1. The number of aliphatic carboxylic acids is 1. The topological polar surface area (TPSA) is 86.0 Å². The fourth-order valence-corrected chi connectivity index (χ4v) is 1.65. The van der Waals surface area contributed by atoms with Crippen molar-refractivity contribution in [1.82, 2.24) is 4.98 Å². The molecule has 1 unspecified atom stereocenters. The molecule has 0 aliphatic rings. The fraction of sp³-hybridized carbons (Fsp3) is 0.462. The average molecular weight is 247 g/mol. The zero-order chi connectivity index (χ0) is 13.5. The zero-order valence-electron chi connectivity index (χ0n) is 10.6. The van der Waals surface area contributed by atoms with Crippen LogP contribution in [-0.2, 0) is 4.79 Å². The van der Waals surface area contributed by atoms with Gasteiger partial charge < -0.3 is 10.4 Å². The van der Waals surface area contributed by atoms with E-state index in [4.69, 9.17) is 10.4 Å². The van der Waals surface area contributed by atoms with E-state index >= 15 is 0 Å². The summed E-state index contributed by atoms with van der Waals surface area (Å²) in [6.07, 6.45) is 2.32. The number of aryl methyl sites for hydroxylation is 1. The number of carbonyl (C=O) groups is 1. The van der Waals surface area contributed by atoms with Gasteiger partial charge >= 0.3 is 5.97 Å². The quantitative estimate of drug-likeness (QED) is 0.805. The molecule has 0 aromatic carbocycles. The lowest BCUT2D eigenvalue weighted by Crippen LogP contribution is -2.29. The first-order chi connectivity index (χ1) is 8.56. The number of unbranched alkanes of at least 4 members (excludes halogenated alkanes) is 1. The highest BCUT2D eigenvalue weighted by molar-refractivity contribution is 5.76. The lowest BCUT2D eigenvalue weighted by Gasteiger charge is -2.15. The maximum atomic E-state index is 11.1. The van der Waals surface area contributed by atoms with Crippen LogP contribution in [0.15, 0.2) is 12.1 Å². The summed E-state index contributed by atoms with van der Waals surface area (Å²) in [5.41, 5.74) is 1.17. The average Bonchev–Trinajstić information content (AvgIpc) is 2.33. The summed E-state index contributed by atoms with van der Waals surface area (Å²) in [7, 11) is 0. The van der Waals surface area contributed by atoms with E-state index in [-0.39, 0.29) is 0 Å². The number of rotatable bonds is 6. The minimum Gasteiger partial charge on any atom is -0.480 e. The van der Waals surface area contributed by atoms with Gasteiger partial charge in [0, 0.05) is 5.69 Å². The van der Waals surface area contributed by atoms with E-state index in [1.807, 2.05) is 13.0 Å². The molecular formula is C13H17N3O2. The minimum atomic E-state index is -0.898. The highest BCUT2D eigenvalue weighted by Gasteiger charge is 2.17. The second kappa shape index (κ2) is 6.60. The van der Waals surface area contributed by atoms with E-state index in [9.17, 15) is 4.79 Å². The predicted molar refractivity (Wildman–Crippen MR) is 68.3 cm³/mol. The summed E-state index contributed by atoms with van der Waals surface area (Å²) < 4.78 is 0. The Hall–Kier alpha value is -2.09. The van der Waals surface area contributed by atoms with Crippen LogP contribution in [0, 0.1) is 18.3 Å². The second-order valence-corrected chi connectivity index (χ2v) is 4.17. The third-order valence-electron chi connectivity index (χ3n) is 2.55. The van der Waals surface area contributed by atoms with Crippen LogP contribution in [0.2, 0.25) is 0 Å². The zero-order valence-corrected chi connectivity index (χ0v) is 10.6. The number of hydrogen-bond acceptors (Lipinski definition) is 4. The number of carboxylic acids is 1. The summed E-state index contributed by atoms with van der Waals surface area (Å²) in [5.74, 6) is -0.458. The Morgan fingerprint density at radius 3 is 2.89 bits per heavy atom. The number of anilines is 1. The van der Waals surface area contributed by atoms with Crippen molar-refractivity contribution in [2.24, 2.45) is 0 Å². The van der Waals surface area contributed by atoms with Crippen LogP contribution in [0.25, 0.3) is 0 Å². The lowest BCUT2D eigenvalue weighted by atomic mass is 10.1. The number of nitrogens with one attached hydrogen (secondary N) is 1. The molecule has 1 atom stereocenters. The third kappa shape index (κ3) is 4.06. The predicted octanol–water partition coefficient (Wildman–Crippen LogP) is 2.32. The van der Waals surface area contributed by atoms with Crippen molar-refractivity contribution in [1.29, 1.82) is 5.26 Å². The van der Waals surface area contributed by atoms with E-state index < -0.39 is 12.0 Å². The SMILES string of the molecule is CCCCC(Nc1cc(C#N)cc(C)n1)C(=O)O. The Bertz CT molecular complexity index is 466. The molecular weight excluding hydrogens is 230 g/mol. The molecule has 0 amide bonds. The lowest BCUT2D eigenvalue weighted by molar-refractivity contribution is -0.138. The Balaban J connectivity index is 2.83. The molecule has 1 rings (SSSR count). The van der Waals surface area contributed by atoms with Gasteiger partial charge in [-0.25, -0.2) is 9.78 Å². The Labute approximate surface area is 106 Å². The van der Waals surface area contributed by atoms with Gasteiger partial charge in [0.25, 0.3) is 0 Å². The molecule has 2 N–H and O–H groups in total. The summed E-state index contributed by atoms with van der Waals surface area (Å²) in [6, 6.07) is 4.59. The van der Waals surface area contributed by atoms with Crippen LogP contribution in [-0.4, -0.2) is 22.1 Å². The molecule has 0 aliphatic heterocycles. The van der Waals surface area contributed by atoms with Crippen molar-refractivity contribution in [2.45, 2.75) is 39.2 Å². The Morgan fingerprint density at radius 2 is 2.33 bits per heavy atom. The van der Waals surface area contributed by atoms with Crippen molar-refractivity contribution < 1.29 is 9.90 Å². The minimum absolute atomic E-state index is 0.440. The van der Waals surface area contributed by atoms with Crippen molar-refractivity contribution >= 4 is 11.8 Å². The normalized spacial score (nSPS) is 11.6. The van der Waals surface area contributed by atoms with E-state index in [1.54, 1.807) is 19.1 Å². The molecule has 1 heterocycles. The van der Waals surface area contributed by atoms with Crippen LogP contribution in [0.3, 0.4) is 0 Å². The molecule has 0 saturated heterocycles. The molecule has 5 nitrogen and oxygen atoms in total. The van der Waals surface area contributed by atoms with Gasteiger partial charge in [-0.1, -0.05) is 19.8 Å². The molecule has 0 saturated carbocycles. The van der Waals surface area contributed by atoms with Crippen molar-refractivity contribution in [3.63, 3.8) is 0 Å². The van der Waals surface area contributed by atoms with Gasteiger partial charge in [-0.05, 0) is 25.5 Å². The number of carboxylic acid groups (broad SMARTS) is 1. The summed E-state index contributed by atoms with van der Waals surface area (Å²) in [5, 5.41) is 20.8. The third-order valence-corrected chi connectivity index (χ3v) is 2.55. The summed E-state index contributed by atoms with van der Waals surface area (Å²) >= 11 is 0. The molecule has 1 aromatic heterocycles. The van der Waals surface area contributed by atoms with Crippen molar-refractivity contribution in [3.05, 3.63) is 23.4 Å². The summed E-state index contributed by atoms with van der Waals surface area (Å²) in [6.45, 7) is 3.78. The smallest absolute Gasteiger partial charge is 0.326 e. The first-order valence-corrected chi connectivity index (χ1v) is 5.95. The summed E-state index contributed by atoms with van der Waals surface area (Å²) in [4.78, 5) is 15.3. The second-order valence-electron chi connectivity index (χ2n) is 4.17. The maximum absolute atomic E-state index is 11.1. The van der Waals surface area contributed by atoms with Crippen LogP contribution in [0.4, 0.5) is 5.82 Å². The van der Waals surface area contributed by atoms with Gasteiger partial charge in [-0.2, -0.15) is 5.26 Å². The van der Waals surface area contributed by atoms with Gasteiger partial charge in [-0.15, -0.1) is 0 Å². The highest BCUT2D eigenvalue weighted by atomic mass is 16.4. The molecule has 5 heteroatoms. The molecule has 0 radical (unpaired) electrons. The highest BCUT2D eigenvalue weighted by Crippen LogP contribution is 2.13. The first kappa shape index (κ1) is 14.0. The van der Waals surface area contributed by atoms with Gasteiger partial charge in [0.15, 0.2) is 0 Å². The van der Waals surface area contributed by atoms with E-state index in [2.05, 4.69) is 10.3 Å². The molecule has 0 aliphatic carbocycles. The van der Waals surface area contributed by atoms with Gasteiger partial charge in [-0.3, -0.25) is 0 Å². The van der Waals surface area contributed by atoms with Gasteiger partial charge in [0.1, 0.15) is 11.9 Å². The Morgan fingerprint density at radius 1 is 1.61 bits per heavy atom. The molecule has 0 spiro atoms. The monoisotopic (exact) mass is 247 g/mol. The van der Waals surface area contributed by atoms with Crippen LogP contribution in [0.1, 0.15) is 37.4 Å². The molecule has 18 heavy (non-hydrogen) atoms. The molecule has 96 valence electrons. The van der Waals surface area contributed by atoms with Crippen molar-refractivity contribution in [3.8, 4) is 6.07 Å². The maximum Gasteiger partial charge on any atom is 0.326 e. The van der Waals surface area contributed by atoms with E-state index in [0.717, 1.165) is 12.8 Å². The first-order valence-electron chi connectivity index (χ1n) is 5.95. The van der Waals surface area contributed by atoms with Gasteiger partial charge in [0.2, 0.25) is 0 Å². The number of hydrogen-bond donors (Lipinski definition) is 2. The van der Waals surface area contributed by atoms with E-state index in [1.165, 1.54) is 0 Å². The molecule has 0 fully saturated rings. The van der Waals surface area contributed by atoms with Gasteiger partial charge in [0.05, 0.1) is 11.6 Å². The fourth-order valence-electron chi connectivity index (χ4n) is 1.65. The molecule has 0 bridgehead atoms. The van der Waals surface area contributed by atoms with Crippen molar-refractivity contribution in [2.75, 3.05) is 5.32 Å². The standard InChI is InChI=1S/C13H17N3O2/c1-3-4-5-11(13(17)18)16-12-7-10(8-14)6-9(2)15-12/h6-7,11H,3-5H2,1-2H3,(H,15,16)(H,17,18).